The molecule has 86 valence electrons. The molecule has 17 heavy (non-hydrogen) atoms. The first-order valence-corrected chi connectivity index (χ1v) is 5.90. The van der Waals surface area contributed by atoms with E-state index in [2.05, 4.69) is 4.98 Å². The zero-order valence-electron chi connectivity index (χ0n) is 9.30. The fourth-order valence-electron chi connectivity index (χ4n) is 1.45. The molecule has 0 saturated carbocycles. The van der Waals surface area contributed by atoms with Crippen LogP contribution in [-0.4, -0.2) is 11.6 Å². The third-order valence-electron chi connectivity index (χ3n) is 2.22. The summed E-state index contributed by atoms with van der Waals surface area (Å²) < 4.78 is 5.18. The summed E-state index contributed by atoms with van der Waals surface area (Å²) in [6.07, 6.45) is 0. The maximum atomic E-state index is 8.43. The molecule has 4 nitrogen and oxygen atoms in total. The number of hydrogen-bond acceptors (Lipinski definition) is 5. The lowest BCUT2D eigenvalue weighted by Crippen LogP contribution is -1.98. The van der Waals surface area contributed by atoms with Crippen molar-refractivity contribution in [1.82, 2.24) is 4.98 Å². The first kappa shape index (κ1) is 11.4. The standard InChI is InChI=1S/C12H11N3OS/c1-8-15-11(7-17-8)9-2-3-12(10(14)6-9)16-5-4-13/h2-3,6-7H,5,14H2,1H3. The van der Waals surface area contributed by atoms with E-state index in [0.29, 0.717) is 11.4 Å². The van der Waals surface area contributed by atoms with Crippen LogP contribution >= 0.6 is 11.3 Å². The highest BCUT2D eigenvalue weighted by Crippen LogP contribution is 2.29. The Labute approximate surface area is 103 Å². The van der Waals surface area contributed by atoms with E-state index in [0.717, 1.165) is 16.3 Å². The number of benzene rings is 1. The van der Waals surface area contributed by atoms with Crippen molar-refractivity contribution >= 4 is 17.0 Å². The molecule has 0 spiro atoms. The maximum Gasteiger partial charge on any atom is 0.174 e. The van der Waals surface area contributed by atoms with Crippen LogP contribution in [0, 0.1) is 18.3 Å². The van der Waals surface area contributed by atoms with Gasteiger partial charge in [0.2, 0.25) is 0 Å². The van der Waals surface area contributed by atoms with Crippen LogP contribution in [0.3, 0.4) is 0 Å². The van der Waals surface area contributed by atoms with Gasteiger partial charge in [0, 0.05) is 10.9 Å². The van der Waals surface area contributed by atoms with Crippen molar-refractivity contribution in [2.45, 2.75) is 6.92 Å². The summed E-state index contributed by atoms with van der Waals surface area (Å²) in [6.45, 7) is 1.96. The van der Waals surface area contributed by atoms with Gasteiger partial charge in [-0.2, -0.15) is 5.26 Å². The van der Waals surface area contributed by atoms with Crippen molar-refractivity contribution in [3.8, 4) is 23.1 Å². The monoisotopic (exact) mass is 245 g/mol. The third kappa shape index (κ3) is 2.55. The van der Waals surface area contributed by atoms with Gasteiger partial charge in [-0.05, 0) is 25.1 Å². The van der Waals surface area contributed by atoms with Gasteiger partial charge in [0.15, 0.2) is 6.61 Å². The number of nitrogens with two attached hydrogens (primary N) is 1. The normalized spacial score (nSPS) is 9.88. The Bertz CT molecular complexity index is 571. The van der Waals surface area contributed by atoms with Gasteiger partial charge < -0.3 is 10.5 Å². The molecule has 0 fully saturated rings. The van der Waals surface area contributed by atoms with Gasteiger partial charge in [0.1, 0.15) is 11.8 Å². The predicted octanol–water partition coefficient (Wildman–Crippen LogP) is 2.60. The fraction of sp³-hybridized carbons (Fsp3) is 0.167. The van der Waals surface area contributed by atoms with Crippen LogP contribution in [0.2, 0.25) is 0 Å². The lowest BCUT2D eigenvalue weighted by atomic mass is 10.1. The number of aromatic nitrogens is 1. The first-order valence-electron chi connectivity index (χ1n) is 5.02. The van der Waals surface area contributed by atoms with Crippen molar-refractivity contribution in [2.24, 2.45) is 0 Å². The van der Waals surface area contributed by atoms with Gasteiger partial charge in [-0.1, -0.05) is 0 Å². The van der Waals surface area contributed by atoms with Gasteiger partial charge >= 0.3 is 0 Å². The smallest absolute Gasteiger partial charge is 0.174 e. The number of nitriles is 1. The van der Waals surface area contributed by atoms with Crippen LogP contribution in [0.4, 0.5) is 5.69 Å². The minimum absolute atomic E-state index is 0.000639. The Balaban J connectivity index is 2.28. The average Bonchev–Trinajstić information content (AvgIpc) is 2.74. The molecule has 0 amide bonds. The Morgan fingerprint density at radius 2 is 2.35 bits per heavy atom. The number of nitrogen functional groups attached to an aromatic ring is 1. The number of anilines is 1. The lowest BCUT2D eigenvalue weighted by molar-refractivity contribution is 0.370. The van der Waals surface area contributed by atoms with E-state index in [4.69, 9.17) is 15.7 Å². The molecule has 1 heterocycles. The zero-order chi connectivity index (χ0) is 12.3. The first-order chi connectivity index (χ1) is 8.20. The SMILES string of the molecule is Cc1nc(-c2ccc(OCC#N)c(N)c2)cs1. The van der Waals surface area contributed by atoms with E-state index in [1.165, 1.54) is 0 Å². The Morgan fingerprint density at radius 3 is 2.94 bits per heavy atom. The summed E-state index contributed by atoms with van der Waals surface area (Å²) >= 11 is 1.60. The number of ether oxygens (including phenoxy) is 1. The summed E-state index contributed by atoms with van der Waals surface area (Å²) in [5, 5.41) is 11.4. The minimum Gasteiger partial charge on any atom is -0.477 e. The van der Waals surface area contributed by atoms with Gasteiger partial charge in [-0.3, -0.25) is 0 Å². The zero-order valence-corrected chi connectivity index (χ0v) is 10.1. The maximum absolute atomic E-state index is 8.43. The molecule has 0 aliphatic heterocycles. The summed E-state index contributed by atoms with van der Waals surface area (Å²) in [5.74, 6) is 0.530. The molecule has 0 aliphatic rings. The van der Waals surface area contributed by atoms with Crippen LogP contribution in [0.25, 0.3) is 11.3 Å². The van der Waals surface area contributed by atoms with Crippen molar-refractivity contribution < 1.29 is 4.74 Å². The second-order valence-electron chi connectivity index (χ2n) is 3.45. The molecule has 0 saturated heterocycles. The third-order valence-corrected chi connectivity index (χ3v) is 2.99. The fourth-order valence-corrected chi connectivity index (χ4v) is 2.07. The van der Waals surface area contributed by atoms with E-state index in [-0.39, 0.29) is 6.61 Å². The van der Waals surface area contributed by atoms with Crippen LogP contribution in [0.1, 0.15) is 5.01 Å². The van der Waals surface area contributed by atoms with E-state index in [1.807, 2.05) is 24.4 Å². The van der Waals surface area contributed by atoms with Crippen LogP contribution in [0.5, 0.6) is 5.75 Å². The highest BCUT2D eigenvalue weighted by molar-refractivity contribution is 7.09. The minimum atomic E-state index is -0.000639. The number of rotatable bonds is 3. The topological polar surface area (TPSA) is 71.9 Å². The van der Waals surface area contributed by atoms with Crippen LogP contribution in [0.15, 0.2) is 23.6 Å². The average molecular weight is 245 g/mol. The predicted molar refractivity (Wildman–Crippen MR) is 67.8 cm³/mol. The Kier molecular flexibility index (Phi) is 3.26. The molecule has 0 aliphatic carbocycles. The summed E-state index contributed by atoms with van der Waals surface area (Å²) in [5.41, 5.74) is 8.23. The second-order valence-corrected chi connectivity index (χ2v) is 4.51. The molecule has 5 heteroatoms. The van der Waals surface area contributed by atoms with E-state index < -0.39 is 0 Å². The summed E-state index contributed by atoms with van der Waals surface area (Å²) in [6, 6.07) is 7.36. The van der Waals surface area contributed by atoms with Gasteiger partial charge in [0.05, 0.1) is 16.4 Å². The Hall–Kier alpha value is -2.06. The van der Waals surface area contributed by atoms with E-state index >= 15 is 0 Å². The molecule has 2 rings (SSSR count). The van der Waals surface area contributed by atoms with Crippen LogP contribution < -0.4 is 10.5 Å². The highest BCUT2D eigenvalue weighted by Gasteiger charge is 2.06. The molecule has 1 aromatic heterocycles. The van der Waals surface area contributed by atoms with Crippen molar-refractivity contribution in [3.63, 3.8) is 0 Å². The molecular weight excluding hydrogens is 234 g/mol. The quantitative estimate of drug-likeness (QED) is 0.844. The largest absolute Gasteiger partial charge is 0.477 e. The molecule has 2 N–H and O–H groups in total. The molecule has 2 aromatic rings. The molecule has 0 bridgehead atoms. The summed E-state index contributed by atoms with van der Waals surface area (Å²) in [7, 11) is 0. The van der Waals surface area contributed by atoms with Gasteiger partial charge in [-0.15, -0.1) is 11.3 Å². The molecule has 0 atom stereocenters. The molecule has 0 radical (unpaired) electrons. The number of nitrogens with zero attached hydrogens (tertiary/aromatic N) is 2. The van der Waals surface area contributed by atoms with Gasteiger partial charge in [0.25, 0.3) is 0 Å². The number of aryl methyl sites for hydroxylation is 1. The Morgan fingerprint density at radius 1 is 1.53 bits per heavy atom. The number of hydrogen-bond donors (Lipinski definition) is 1. The van der Waals surface area contributed by atoms with E-state index in [9.17, 15) is 0 Å². The molecular formula is C12H11N3OS. The van der Waals surface area contributed by atoms with Crippen molar-refractivity contribution in [3.05, 3.63) is 28.6 Å². The van der Waals surface area contributed by atoms with Crippen molar-refractivity contribution in [1.29, 1.82) is 5.26 Å². The van der Waals surface area contributed by atoms with Gasteiger partial charge in [-0.25, -0.2) is 4.98 Å². The van der Waals surface area contributed by atoms with Crippen LogP contribution in [-0.2, 0) is 0 Å². The lowest BCUT2D eigenvalue weighted by Gasteiger charge is -2.06. The molecule has 1 aromatic carbocycles. The second kappa shape index (κ2) is 4.85. The van der Waals surface area contributed by atoms with E-state index in [1.54, 1.807) is 23.5 Å². The number of thiazole rings is 1. The summed E-state index contributed by atoms with van der Waals surface area (Å²) in [4.78, 5) is 4.38. The molecule has 0 unspecified atom stereocenters. The highest BCUT2D eigenvalue weighted by atomic mass is 32.1. The van der Waals surface area contributed by atoms with Crippen molar-refractivity contribution in [2.75, 3.05) is 12.3 Å².